The first kappa shape index (κ1) is 16.1. The number of hydrogen-bond donors (Lipinski definition) is 3. The smallest absolute Gasteiger partial charge is 0.189 e. The predicted molar refractivity (Wildman–Crippen MR) is 97.0 cm³/mol. The van der Waals surface area contributed by atoms with Gasteiger partial charge in [0.2, 0.25) is 0 Å². The van der Waals surface area contributed by atoms with Crippen LogP contribution in [0, 0.1) is 6.92 Å². The molecule has 0 unspecified atom stereocenters. The lowest BCUT2D eigenvalue weighted by atomic mass is 10.2. The number of nitrogens with one attached hydrogen (secondary N) is 3. The molecule has 7 heteroatoms. The number of thiocarbonyl (C=S) groups is 1. The lowest BCUT2D eigenvalue weighted by Crippen LogP contribution is -2.38. The van der Waals surface area contributed by atoms with E-state index in [-0.39, 0.29) is 0 Å². The summed E-state index contributed by atoms with van der Waals surface area (Å²) in [6, 6.07) is 9.31. The number of thiophene rings is 1. The van der Waals surface area contributed by atoms with Crippen LogP contribution >= 0.6 is 46.8 Å². The van der Waals surface area contributed by atoms with Crippen molar-refractivity contribution in [3.8, 4) is 0 Å². The Morgan fingerprint density at radius 3 is 2.62 bits per heavy atom. The molecule has 110 valence electrons. The summed E-state index contributed by atoms with van der Waals surface area (Å²) in [6.07, 6.45) is 0. The van der Waals surface area contributed by atoms with Gasteiger partial charge >= 0.3 is 0 Å². The second-order valence-corrected chi connectivity index (χ2v) is 6.73. The van der Waals surface area contributed by atoms with Gasteiger partial charge in [-0.1, -0.05) is 35.8 Å². The lowest BCUT2D eigenvalue weighted by Gasteiger charge is -2.15. The molecule has 0 spiro atoms. The molecule has 0 atom stereocenters. The van der Waals surface area contributed by atoms with Crippen LogP contribution in [0.1, 0.15) is 10.4 Å². The average Bonchev–Trinajstić information content (AvgIpc) is 2.88. The maximum absolute atomic E-state index is 6.06. The zero-order valence-corrected chi connectivity index (χ0v) is 14.3. The third-order valence-electron chi connectivity index (χ3n) is 2.71. The molecule has 1 aromatic heterocycles. The summed E-state index contributed by atoms with van der Waals surface area (Å²) in [7, 11) is 0. The van der Waals surface area contributed by atoms with Crippen LogP contribution in [-0.4, -0.2) is 5.11 Å². The molecule has 2 rings (SSSR count). The highest BCUT2D eigenvalue weighted by atomic mass is 35.5. The van der Waals surface area contributed by atoms with Crippen molar-refractivity contribution in [3.63, 3.8) is 0 Å². The quantitative estimate of drug-likeness (QED) is 0.541. The Bertz CT molecular complexity index is 683. The standard InChI is InChI=1S/C14H13Cl2N3S2/c1-8-10(15)4-3-5-11(8)17-14(20)19-18-9(2)12-6-7-13(16)21-12/h3-7,18H,2H2,1H3,(H2,17,19,20). The van der Waals surface area contributed by atoms with Gasteiger partial charge < -0.3 is 5.32 Å². The van der Waals surface area contributed by atoms with Gasteiger partial charge in [-0.05, 0) is 49.0 Å². The van der Waals surface area contributed by atoms with Crippen molar-refractivity contribution in [2.75, 3.05) is 5.32 Å². The van der Waals surface area contributed by atoms with E-state index in [1.165, 1.54) is 11.3 Å². The maximum atomic E-state index is 6.06. The Labute approximate surface area is 142 Å². The van der Waals surface area contributed by atoms with Crippen molar-refractivity contribution in [2.24, 2.45) is 0 Å². The molecule has 0 radical (unpaired) electrons. The highest BCUT2D eigenvalue weighted by Crippen LogP contribution is 2.25. The summed E-state index contributed by atoms with van der Waals surface area (Å²) >= 11 is 18.6. The number of anilines is 1. The van der Waals surface area contributed by atoms with Gasteiger partial charge in [-0.3, -0.25) is 10.9 Å². The van der Waals surface area contributed by atoms with Crippen molar-refractivity contribution < 1.29 is 0 Å². The van der Waals surface area contributed by atoms with E-state index in [9.17, 15) is 0 Å². The summed E-state index contributed by atoms with van der Waals surface area (Å²) in [5.41, 5.74) is 8.30. The number of hydrogen-bond acceptors (Lipinski definition) is 3. The molecule has 1 aromatic carbocycles. The molecule has 0 bridgehead atoms. The van der Waals surface area contributed by atoms with Crippen LogP contribution in [0.5, 0.6) is 0 Å². The van der Waals surface area contributed by atoms with E-state index in [0.29, 0.717) is 20.2 Å². The van der Waals surface area contributed by atoms with Gasteiger partial charge in [0, 0.05) is 10.7 Å². The monoisotopic (exact) mass is 357 g/mol. The zero-order chi connectivity index (χ0) is 15.4. The van der Waals surface area contributed by atoms with E-state index in [1.54, 1.807) is 0 Å². The Morgan fingerprint density at radius 2 is 1.95 bits per heavy atom. The van der Waals surface area contributed by atoms with E-state index in [4.69, 9.17) is 35.4 Å². The van der Waals surface area contributed by atoms with Crippen molar-refractivity contribution >= 4 is 63.3 Å². The van der Waals surface area contributed by atoms with Gasteiger partial charge in [0.05, 0.1) is 14.9 Å². The minimum Gasteiger partial charge on any atom is -0.331 e. The molecule has 0 aliphatic heterocycles. The molecule has 1 heterocycles. The highest BCUT2D eigenvalue weighted by Gasteiger charge is 2.05. The SMILES string of the molecule is C=C(NNC(=S)Nc1cccc(Cl)c1C)c1ccc(Cl)s1. The molecule has 3 N–H and O–H groups in total. The molecular formula is C14H13Cl2N3S2. The molecule has 0 fully saturated rings. The van der Waals surface area contributed by atoms with E-state index in [1.807, 2.05) is 37.3 Å². The van der Waals surface area contributed by atoms with Crippen molar-refractivity contribution in [3.05, 3.63) is 56.7 Å². The molecule has 0 saturated carbocycles. The summed E-state index contributed by atoms with van der Waals surface area (Å²) in [5.74, 6) is 0. The predicted octanol–water partition coefficient (Wildman–Crippen LogP) is 4.83. The molecular weight excluding hydrogens is 345 g/mol. The van der Waals surface area contributed by atoms with Gasteiger partial charge in [-0.2, -0.15) is 0 Å². The van der Waals surface area contributed by atoms with Crippen LogP contribution in [0.2, 0.25) is 9.36 Å². The fraction of sp³-hybridized carbons (Fsp3) is 0.0714. The molecule has 3 nitrogen and oxygen atoms in total. The van der Waals surface area contributed by atoms with E-state index in [2.05, 4.69) is 22.7 Å². The number of halogens is 2. The lowest BCUT2D eigenvalue weighted by molar-refractivity contribution is 0.853. The fourth-order valence-corrected chi connectivity index (χ4v) is 2.87. The summed E-state index contributed by atoms with van der Waals surface area (Å²) in [6.45, 7) is 5.84. The molecule has 0 aliphatic carbocycles. The van der Waals surface area contributed by atoms with Crippen LogP contribution in [-0.2, 0) is 0 Å². The second-order valence-electron chi connectivity index (χ2n) is 4.20. The number of benzene rings is 1. The van der Waals surface area contributed by atoms with Gasteiger partial charge in [0.25, 0.3) is 0 Å². The van der Waals surface area contributed by atoms with Crippen molar-refractivity contribution in [1.29, 1.82) is 0 Å². The number of hydrazine groups is 1. The van der Waals surface area contributed by atoms with Crippen molar-refractivity contribution in [1.82, 2.24) is 10.9 Å². The van der Waals surface area contributed by atoms with E-state index < -0.39 is 0 Å². The molecule has 0 saturated heterocycles. The van der Waals surface area contributed by atoms with Gasteiger partial charge in [0.15, 0.2) is 5.11 Å². The minimum atomic E-state index is 0.421. The first-order valence-corrected chi connectivity index (χ1v) is 7.98. The Balaban J connectivity index is 1.90. The molecule has 0 aliphatic rings. The topological polar surface area (TPSA) is 36.1 Å². The first-order valence-electron chi connectivity index (χ1n) is 6.00. The average molecular weight is 358 g/mol. The summed E-state index contributed by atoms with van der Waals surface area (Å²) in [5, 5.41) is 4.18. The largest absolute Gasteiger partial charge is 0.331 e. The van der Waals surface area contributed by atoms with Crippen LogP contribution < -0.4 is 16.2 Å². The molecule has 2 aromatic rings. The van der Waals surface area contributed by atoms with Gasteiger partial charge in [-0.25, -0.2) is 0 Å². The Hall–Kier alpha value is -1.27. The Kier molecular flexibility index (Phi) is 5.47. The van der Waals surface area contributed by atoms with Gasteiger partial charge in [-0.15, -0.1) is 11.3 Å². The van der Waals surface area contributed by atoms with Crippen LogP contribution in [0.4, 0.5) is 5.69 Å². The third-order valence-corrected chi connectivity index (χ3v) is 4.62. The normalized spacial score (nSPS) is 10.0. The first-order chi connectivity index (χ1) is 9.97. The molecule has 0 amide bonds. The Morgan fingerprint density at radius 1 is 1.19 bits per heavy atom. The van der Waals surface area contributed by atoms with Gasteiger partial charge in [0.1, 0.15) is 0 Å². The zero-order valence-electron chi connectivity index (χ0n) is 11.2. The van der Waals surface area contributed by atoms with Crippen LogP contribution in [0.3, 0.4) is 0 Å². The summed E-state index contributed by atoms with van der Waals surface area (Å²) in [4.78, 5) is 0.939. The van der Waals surface area contributed by atoms with E-state index in [0.717, 1.165) is 16.1 Å². The number of rotatable bonds is 4. The van der Waals surface area contributed by atoms with Crippen LogP contribution in [0.15, 0.2) is 36.9 Å². The third kappa shape index (κ3) is 4.35. The minimum absolute atomic E-state index is 0.421. The maximum Gasteiger partial charge on any atom is 0.189 e. The van der Waals surface area contributed by atoms with Crippen LogP contribution in [0.25, 0.3) is 5.70 Å². The fourth-order valence-electron chi connectivity index (χ4n) is 1.57. The van der Waals surface area contributed by atoms with E-state index >= 15 is 0 Å². The second kappa shape index (κ2) is 7.13. The highest BCUT2D eigenvalue weighted by molar-refractivity contribution is 7.80. The molecule has 21 heavy (non-hydrogen) atoms. The van der Waals surface area contributed by atoms with Crippen molar-refractivity contribution in [2.45, 2.75) is 6.92 Å². The summed E-state index contributed by atoms with van der Waals surface area (Å²) < 4.78 is 0.711.